The number of hydrogen-bond donors (Lipinski definition) is 0. The van der Waals surface area contributed by atoms with Crippen molar-refractivity contribution in [3.63, 3.8) is 0 Å². The van der Waals surface area contributed by atoms with Gasteiger partial charge in [-0.05, 0) is 6.92 Å². The second-order valence-electron chi connectivity index (χ2n) is 2.72. The molecule has 0 spiro atoms. The predicted molar refractivity (Wildman–Crippen MR) is 57.3 cm³/mol. The molecule has 0 bridgehead atoms. The lowest BCUT2D eigenvalue weighted by atomic mass is 10.7. The first kappa shape index (κ1) is 13.0. The highest BCUT2D eigenvalue weighted by atomic mass is 35.5. The molecule has 0 fully saturated rings. The number of halogens is 2. The zero-order valence-electron chi connectivity index (χ0n) is 8.47. The van der Waals surface area contributed by atoms with Gasteiger partial charge >= 0.3 is 6.08 Å². The standard InChI is InChI=1S/C7H10ClFN4O2S/c1-2-13(16(14,15)4-3-8)7-11-5-10-6(9)12-7/h5H,2-4H2,1H3. The van der Waals surface area contributed by atoms with Crippen LogP contribution in [0.2, 0.25) is 0 Å². The number of sulfonamides is 1. The summed E-state index contributed by atoms with van der Waals surface area (Å²) in [5.74, 6) is -0.539. The molecule has 0 atom stereocenters. The van der Waals surface area contributed by atoms with Gasteiger partial charge in [0.1, 0.15) is 6.33 Å². The van der Waals surface area contributed by atoms with Crippen LogP contribution in [-0.2, 0) is 10.0 Å². The van der Waals surface area contributed by atoms with Gasteiger partial charge in [0.2, 0.25) is 16.0 Å². The van der Waals surface area contributed by atoms with Crippen LogP contribution in [0.1, 0.15) is 6.92 Å². The van der Waals surface area contributed by atoms with Crippen LogP contribution < -0.4 is 4.31 Å². The van der Waals surface area contributed by atoms with Crippen molar-refractivity contribution in [2.24, 2.45) is 0 Å². The van der Waals surface area contributed by atoms with E-state index < -0.39 is 16.1 Å². The van der Waals surface area contributed by atoms with E-state index in [0.717, 1.165) is 10.6 Å². The van der Waals surface area contributed by atoms with Crippen LogP contribution in [0.4, 0.5) is 10.3 Å². The molecule has 1 heterocycles. The molecule has 1 rings (SSSR count). The second kappa shape index (κ2) is 5.35. The minimum atomic E-state index is -3.61. The molecule has 0 radical (unpaired) electrons. The van der Waals surface area contributed by atoms with Gasteiger partial charge < -0.3 is 0 Å². The van der Waals surface area contributed by atoms with Gasteiger partial charge in [0.25, 0.3) is 0 Å². The van der Waals surface area contributed by atoms with Gasteiger partial charge in [0, 0.05) is 12.4 Å². The molecule has 6 nitrogen and oxygen atoms in total. The van der Waals surface area contributed by atoms with E-state index in [-0.39, 0.29) is 24.1 Å². The van der Waals surface area contributed by atoms with Crippen molar-refractivity contribution < 1.29 is 12.8 Å². The Kier molecular flexibility index (Phi) is 4.36. The summed E-state index contributed by atoms with van der Waals surface area (Å²) in [6.45, 7) is 1.69. The van der Waals surface area contributed by atoms with Crippen LogP contribution in [0.5, 0.6) is 0 Å². The van der Waals surface area contributed by atoms with Crippen molar-refractivity contribution in [2.75, 3.05) is 22.5 Å². The normalized spacial score (nSPS) is 11.4. The zero-order chi connectivity index (χ0) is 12.2. The Morgan fingerprint density at radius 2 is 2.19 bits per heavy atom. The van der Waals surface area contributed by atoms with E-state index in [9.17, 15) is 12.8 Å². The number of rotatable bonds is 5. The maximum atomic E-state index is 12.7. The zero-order valence-corrected chi connectivity index (χ0v) is 10.0. The summed E-state index contributed by atoms with van der Waals surface area (Å²) in [6, 6.07) is 0. The smallest absolute Gasteiger partial charge is 0.238 e. The molecule has 0 aliphatic carbocycles. The average molecular weight is 269 g/mol. The highest BCUT2D eigenvalue weighted by Crippen LogP contribution is 2.11. The molecular formula is C7H10ClFN4O2S. The predicted octanol–water partition coefficient (Wildman–Crippen LogP) is 0.406. The highest BCUT2D eigenvalue weighted by molar-refractivity contribution is 7.92. The van der Waals surface area contributed by atoms with E-state index in [2.05, 4.69) is 15.0 Å². The van der Waals surface area contributed by atoms with Crippen molar-refractivity contribution >= 4 is 27.6 Å². The third-order valence-corrected chi connectivity index (χ3v) is 3.94. The first-order chi connectivity index (χ1) is 7.51. The van der Waals surface area contributed by atoms with E-state index in [1.54, 1.807) is 6.92 Å². The maximum Gasteiger partial charge on any atom is 0.313 e. The molecule has 1 aromatic heterocycles. The Bertz CT molecular complexity index is 455. The summed E-state index contributed by atoms with van der Waals surface area (Å²) in [6.07, 6.45) is -0.110. The average Bonchev–Trinajstić information content (AvgIpc) is 2.18. The number of nitrogens with zero attached hydrogens (tertiary/aromatic N) is 4. The SMILES string of the molecule is CCN(c1ncnc(F)n1)S(=O)(=O)CCCl. The maximum absolute atomic E-state index is 12.7. The number of hydrogen-bond acceptors (Lipinski definition) is 5. The number of aromatic nitrogens is 3. The van der Waals surface area contributed by atoms with Crippen LogP contribution in [-0.4, -0.2) is 41.5 Å². The Morgan fingerprint density at radius 3 is 2.69 bits per heavy atom. The summed E-state index contributed by atoms with van der Waals surface area (Å²) < 4.78 is 37.0. The van der Waals surface area contributed by atoms with Crippen molar-refractivity contribution in [3.05, 3.63) is 12.4 Å². The number of alkyl halides is 1. The van der Waals surface area contributed by atoms with Gasteiger partial charge in [-0.2, -0.15) is 14.4 Å². The minimum Gasteiger partial charge on any atom is -0.238 e. The van der Waals surface area contributed by atoms with Crippen LogP contribution in [0.3, 0.4) is 0 Å². The van der Waals surface area contributed by atoms with Crippen molar-refractivity contribution in [1.82, 2.24) is 15.0 Å². The minimum absolute atomic E-state index is 0.0492. The Labute approximate surface area is 97.5 Å². The van der Waals surface area contributed by atoms with Gasteiger partial charge in [0.05, 0.1) is 5.75 Å². The van der Waals surface area contributed by atoms with Gasteiger partial charge in [-0.1, -0.05) is 0 Å². The van der Waals surface area contributed by atoms with E-state index in [1.807, 2.05) is 0 Å². The molecular weight excluding hydrogens is 259 g/mol. The van der Waals surface area contributed by atoms with Crippen LogP contribution in [0, 0.1) is 6.08 Å². The molecule has 9 heteroatoms. The summed E-state index contributed by atoms with van der Waals surface area (Å²) in [5.41, 5.74) is 0. The Balaban J connectivity index is 3.08. The lowest BCUT2D eigenvalue weighted by molar-refractivity contribution is 0.531. The molecule has 0 N–H and O–H groups in total. The molecule has 0 amide bonds. The first-order valence-electron chi connectivity index (χ1n) is 4.42. The fourth-order valence-corrected chi connectivity index (χ4v) is 2.79. The van der Waals surface area contributed by atoms with E-state index in [0.29, 0.717) is 0 Å². The van der Waals surface area contributed by atoms with E-state index in [1.165, 1.54) is 0 Å². The Hall–Kier alpha value is -1.02. The highest BCUT2D eigenvalue weighted by Gasteiger charge is 2.23. The molecule has 0 unspecified atom stereocenters. The number of anilines is 1. The molecule has 0 saturated heterocycles. The molecule has 16 heavy (non-hydrogen) atoms. The summed E-state index contributed by atoms with van der Waals surface area (Å²) in [4.78, 5) is 10.1. The molecule has 90 valence electrons. The van der Waals surface area contributed by atoms with Gasteiger partial charge in [0.15, 0.2) is 0 Å². The van der Waals surface area contributed by atoms with Crippen LogP contribution in [0.15, 0.2) is 6.33 Å². The Morgan fingerprint density at radius 1 is 1.50 bits per heavy atom. The first-order valence-corrected chi connectivity index (χ1v) is 6.56. The van der Waals surface area contributed by atoms with E-state index in [4.69, 9.17) is 11.6 Å². The molecule has 0 saturated carbocycles. The summed E-state index contributed by atoms with van der Waals surface area (Å²) in [5, 5.41) is 0. The monoisotopic (exact) mass is 268 g/mol. The lowest BCUT2D eigenvalue weighted by Crippen LogP contribution is -2.35. The summed E-state index contributed by atoms with van der Waals surface area (Å²) >= 11 is 5.37. The third-order valence-electron chi connectivity index (χ3n) is 1.71. The van der Waals surface area contributed by atoms with Gasteiger partial charge in [-0.3, -0.25) is 0 Å². The lowest BCUT2D eigenvalue weighted by Gasteiger charge is -2.19. The molecule has 0 aliphatic rings. The van der Waals surface area contributed by atoms with Crippen molar-refractivity contribution in [2.45, 2.75) is 6.92 Å². The van der Waals surface area contributed by atoms with Gasteiger partial charge in [-0.15, -0.1) is 11.6 Å². The van der Waals surface area contributed by atoms with Crippen LogP contribution >= 0.6 is 11.6 Å². The van der Waals surface area contributed by atoms with E-state index >= 15 is 0 Å². The largest absolute Gasteiger partial charge is 0.313 e. The van der Waals surface area contributed by atoms with Crippen LogP contribution in [0.25, 0.3) is 0 Å². The molecule has 0 aliphatic heterocycles. The molecule has 1 aromatic rings. The summed E-state index contributed by atoms with van der Waals surface area (Å²) in [7, 11) is -3.61. The second-order valence-corrected chi connectivity index (χ2v) is 5.12. The fourth-order valence-electron chi connectivity index (χ4n) is 1.06. The van der Waals surface area contributed by atoms with Crippen molar-refractivity contribution in [3.8, 4) is 0 Å². The quantitative estimate of drug-likeness (QED) is 0.723. The topological polar surface area (TPSA) is 76.1 Å². The fraction of sp³-hybridized carbons (Fsp3) is 0.571. The molecule has 0 aromatic carbocycles. The van der Waals surface area contributed by atoms with Crippen molar-refractivity contribution in [1.29, 1.82) is 0 Å². The third kappa shape index (κ3) is 2.99. The van der Waals surface area contributed by atoms with Gasteiger partial charge in [-0.25, -0.2) is 17.7 Å².